The molecule has 0 aliphatic carbocycles. The molecule has 0 N–H and O–H groups in total. The summed E-state index contributed by atoms with van der Waals surface area (Å²) in [6.45, 7) is 0. The molecule has 0 saturated heterocycles. The lowest BCUT2D eigenvalue weighted by Gasteiger charge is -2.70. The van der Waals surface area contributed by atoms with Crippen LogP contribution in [-0.4, -0.2) is 30.8 Å². The molecule has 0 atom stereocenters. The molecule has 250 valence electrons. The van der Waals surface area contributed by atoms with Crippen molar-refractivity contribution in [1.29, 1.82) is 0 Å². The fraction of sp³-hybridized carbons (Fsp3) is 0. The second-order valence-electron chi connectivity index (χ2n) is 13.2. The van der Waals surface area contributed by atoms with Crippen LogP contribution in [0.2, 0.25) is 0 Å². The van der Waals surface area contributed by atoms with Crippen molar-refractivity contribution in [3.63, 3.8) is 0 Å². The predicted molar refractivity (Wildman–Crippen MR) is 232 cm³/mol. The molecule has 0 bridgehead atoms. The summed E-state index contributed by atoms with van der Waals surface area (Å²) >= 11 is 0. The van der Waals surface area contributed by atoms with Crippen LogP contribution in [-0.2, 0) is 0 Å². The predicted octanol–water partition coefficient (Wildman–Crippen LogP) is 5.37. The number of rotatable bonds is 11. The van der Waals surface area contributed by atoms with E-state index >= 15 is 0 Å². The van der Waals surface area contributed by atoms with E-state index in [9.17, 15) is 0 Å². The highest BCUT2D eigenvalue weighted by Crippen LogP contribution is 2.28. The van der Waals surface area contributed by atoms with Gasteiger partial charge in [-0.05, 0) is 14.2 Å². The van der Waals surface area contributed by atoms with Gasteiger partial charge in [0.05, 0.1) is 0 Å². The Morgan fingerprint density at radius 3 is 0.519 bits per heavy atom. The minimum Gasteiger partial charge on any atom is -0.243 e. The second kappa shape index (κ2) is 15.5. The summed E-state index contributed by atoms with van der Waals surface area (Å²) in [7, 11) is -9.30. The molecule has 0 nitrogen and oxygen atoms in total. The van der Waals surface area contributed by atoms with Gasteiger partial charge in [-0.1, -0.05) is 263 Å². The summed E-state index contributed by atoms with van der Waals surface area (Å²) in [5.74, 6) is 0. The normalized spacial score (nSPS) is 11.5. The molecule has 8 aromatic carbocycles. The van der Waals surface area contributed by atoms with Gasteiger partial charge in [0.15, 0.2) is 0 Å². The molecule has 0 saturated carbocycles. The first-order valence-electron chi connectivity index (χ1n) is 18.0. The molecule has 0 aliphatic rings. The monoisotopic (exact) mass is 728 g/mol. The molecule has 8 rings (SSSR count). The molecular formula is C48H40Si4-2. The molecule has 0 aromatic heterocycles. The highest BCUT2D eigenvalue weighted by molar-refractivity contribution is 7.94. The summed E-state index contributed by atoms with van der Waals surface area (Å²) < 4.78 is 0. The van der Waals surface area contributed by atoms with Crippen LogP contribution in [0.3, 0.4) is 0 Å². The third-order valence-corrected chi connectivity index (χ3v) is 53.2. The quantitative estimate of drug-likeness (QED) is 0.157. The summed E-state index contributed by atoms with van der Waals surface area (Å²) in [6, 6.07) is 93.9. The number of hydrogen-bond acceptors (Lipinski definition) is 0. The molecule has 4 heteroatoms. The third-order valence-electron chi connectivity index (χ3n) is 10.4. The molecule has 0 unspecified atom stereocenters. The Hall–Kier alpha value is -5.37. The zero-order chi connectivity index (χ0) is 35.1. The molecule has 0 amide bonds. The van der Waals surface area contributed by atoms with E-state index in [0.29, 0.717) is 0 Å². The first-order valence-corrected chi connectivity index (χ1v) is 28.0. The Kier molecular flexibility index (Phi) is 10.0. The van der Waals surface area contributed by atoms with Gasteiger partial charge < -0.3 is 0 Å². The maximum Gasteiger partial charge on any atom is -0.0291 e. The average Bonchev–Trinajstić information content (AvgIpc) is 3.24. The highest BCUT2D eigenvalue weighted by Gasteiger charge is 2.53. The van der Waals surface area contributed by atoms with Crippen LogP contribution in [0.25, 0.3) is 0 Å². The van der Waals surface area contributed by atoms with Gasteiger partial charge in [-0.25, -0.2) is 16.6 Å². The molecule has 0 aliphatic heterocycles. The van der Waals surface area contributed by atoms with Crippen LogP contribution in [0, 0.1) is 0 Å². The van der Waals surface area contributed by atoms with Gasteiger partial charge >= 0.3 is 0 Å². The highest BCUT2D eigenvalue weighted by atomic mass is 29.8. The first kappa shape index (κ1) is 33.8. The van der Waals surface area contributed by atoms with Crippen molar-refractivity contribution in [3.8, 4) is 0 Å². The van der Waals surface area contributed by atoms with E-state index in [0.717, 1.165) is 0 Å². The Morgan fingerprint density at radius 2 is 0.346 bits per heavy atom. The van der Waals surface area contributed by atoms with Gasteiger partial charge in [-0.15, -0.1) is 0 Å². The van der Waals surface area contributed by atoms with Crippen LogP contribution in [0.4, 0.5) is 0 Å². The minimum atomic E-state index is -3.06. The zero-order valence-corrected chi connectivity index (χ0v) is 33.1. The molecule has 0 fully saturated rings. The van der Waals surface area contributed by atoms with Gasteiger partial charge in [0.2, 0.25) is 0 Å². The number of hydrogen-bond donors (Lipinski definition) is 0. The molecular weight excluding hydrogens is 689 g/mol. The lowest BCUT2D eigenvalue weighted by Crippen LogP contribution is -3.00. The summed E-state index contributed by atoms with van der Waals surface area (Å²) in [4.78, 5) is 0. The SMILES string of the molecule is c1ccc([Si-](c2ccccc2)[Si](c2ccccc2)(c2ccccc2)[Si](c2ccccc2)(c2ccccc2)[Si-](c2ccccc2)c2ccccc2)cc1. The second-order valence-corrected chi connectivity index (χ2v) is 37.3. The molecule has 0 heterocycles. The standard InChI is InChI=1S/C48H40Si4/c1-9-25-41(26-10-1)49(42-27-11-2-12-28-42)51(45-33-17-5-18-34-45,46-35-19-6-20-36-46)52(47-37-21-7-22-38-47,48-39-23-8-24-40-48)50(43-29-13-3-14-30-43)44-31-15-4-16-32-44/h1-40H/q-2. The Labute approximate surface area is 313 Å². The summed E-state index contributed by atoms with van der Waals surface area (Å²) in [6.07, 6.45) is 0. The van der Waals surface area contributed by atoms with E-state index < -0.39 is 30.8 Å². The van der Waals surface area contributed by atoms with Crippen molar-refractivity contribution in [2.45, 2.75) is 0 Å². The van der Waals surface area contributed by atoms with Crippen molar-refractivity contribution in [3.05, 3.63) is 243 Å². The van der Waals surface area contributed by atoms with Gasteiger partial charge in [-0.2, -0.15) is 20.7 Å². The summed E-state index contributed by atoms with van der Waals surface area (Å²) in [5, 5.41) is 12.0. The number of benzene rings is 8. The molecule has 0 spiro atoms. The Bertz CT molecular complexity index is 1950. The molecule has 8 aromatic rings. The van der Waals surface area contributed by atoms with Crippen molar-refractivity contribution in [2.75, 3.05) is 0 Å². The largest absolute Gasteiger partial charge is 0.243 e. The van der Waals surface area contributed by atoms with Crippen molar-refractivity contribution in [2.24, 2.45) is 0 Å². The Morgan fingerprint density at radius 1 is 0.192 bits per heavy atom. The van der Waals surface area contributed by atoms with Gasteiger partial charge in [-0.3, -0.25) is 0 Å². The van der Waals surface area contributed by atoms with Gasteiger partial charge in [0.25, 0.3) is 0 Å². The van der Waals surface area contributed by atoms with E-state index in [4.69, 9.17) is 0 Å². The van der Waals surface area contributed by atoms with Gasteiger partial charge in [0.1, 0.15) is 0 Å². The maximum absolute atomic E-state index is 3.06. The molecule has 52 heavy (non-hydrogen) atoms. The lowest BCUT2D eigenvalue weighted by molar-refractivity contribution is 1.70. The van der Waals surface area contributed by atoms with Crippen molar-refractivity contribution in [1.82, 2.24) is 0 Å². The maximum atomic E-state index is 2.51. The van der Waals surface area contributed by atoms with Gasteiger partial charge in [0, 0.05) is 0 Å². The smallest absolute Gasteiger partial charge is 0.0291 e. The zero-order valence-electron chi connectivity index (χ0n) is 29.1. The lowest BCUT2D eigenvalue weighted by atomic mass is 10.4. The average molecular weight is 729 g/mol. The van der Waals surface area contributed by atoms with Crippen LogP contribution in [0.5, 0.6) is 0 Å². The van der Waals surface area contributed by atoms with Crippen LogP contribution < -0.4 is 41.5 Å². The summed E-state index contributed by atoms with van der Waals surface area (Å²) in [5.41, 5.74) is 0. The molecule has 0 radical (unpaired) electrons. The minimum absolute atomic E-state index is 1.48. The van der Waals surface area contributed by atoms with Crippen molar-refractivity contribution < 1.29 is 0 Å². The van der Waals surface area contributed by atoms with E-state index in [1.54, 1.807) is 0 Å². The van der Waals surface area contributed by atoms with Crippen molar-refractivity contribution >= 4 is 72.3 Å². The topological polar surface area (TPSA) is 0 Å². The van der Waals surface area contributed by atoms with E-state index in [-0.39, 0.29) is 0 Å². The van der Waals surface area contributed by atoms with E-state index in [2.05, 4.69) is 243 Å². The Balaban J connectivity index is 1.71. The van der Waals surface area contributed by atoms with Crippen LogP contribution in [0.1, 0.15) is 0 Å². The van der Waals surface area contributed by atoms with Crippen LogP contribution >= 0.6 is 0 Å². The van der Waals surface area contributed by atoms with E-state index in [1.165, 1.54) is 41.5 Å². The van der Waals surface area contributed by atoms with Crippen LogP contribution in [0.15, 0.2) is 243 Å². The third kappa shape index (κ3) is 5.94. The fourth-order valence-corrected chi connectivity index (χ4v) is 66.1. The fourth-order valence-electron chi connectivity index (χ4n) is 8.52. The van der Waals surface area contributed by atoms with E-state index in [1.807, 2.05) is 0 Å². The first-order chi connectivity index (χ1) is 25.8.